The number of carbonyl (C=O) groups is 2. The van der Waals surface area contributed by atoms with Crippen LogP contribution in [0.2, 0.25) is 0 Å². The van der Waals surface area contributed by atoms with Crippen molar-refractivity contribution in [2.45, 2.75) is 45.9 Å². The largest absolute Gasteiger partial charge is 0.464 e. The van der Waals surface area contributed by atoms with E-state index in [-0.39, 0.29) is 13.2 Å². The molecule has 0 unspecified atom stereocenters. The summed E-state index contributed by atoms with van der Waals surface area (Å²) in [7, 11) is 0. The SMILES string of the molecule is CCOC(=O)[C@H](COCc1ccccc1)NC(=O)OC(C)(C)C. The van der Waals surface area contributed by atoms with Gasteiger partial charge in [0.2, 0.25) is 0 Å². The summed E-state index contributed by atoms with van der Waals surface area (Å²) < 4.78 is 15.6. The van der Waals surface area contributed by atoms with Crippen LogP contribution in [0.25, 0.3) is 0 Å². The number of rotatable bonds is 7. The van der Waals surface area contributed by atoms with Crippen LogP contribution in [0.3, 0.4) is 0 Å². The van der Waals surface area contributed by atoms with Gasteiger partial charge in [-0.3, -0.25) is 0 Å². The molecule has 1 rings (SSSR count). The quantitative estimate of drug-likeness (QED) is 0.781. The molecule has 0 bridgehead atoms. The number of hydrogen-bond donors (Lipinski definition) is 1. The van der Waals surface area contributed by atoms with Crippen LogP contribution in [0, 0.1) is 0 Å². The predicted octanol–water partition coefficient (Wildman–Crippen LogP) is 2.66. The molecule has 1 aromatic rings. The van der Waals surface area contributed by atoms with Crippen LogP contribution in [0.5, 0.6) is 0 Å². The number of esters is 1. The van der Waals surface area contributed by atoms with E-state index >= 15 is 0 Å². The molecular weight excluding hydrogens is 298 g/mol. The van der Waals surface area contributed by atoms with Crippen LogP contribution < -0.4 is 5.32 Å². The lowest BCUT2D eigenvalue weighted by molar-refractivity contribution is -0.147. The highest BCUT2D eigenvalue weighted by molar-refractivity contribution is 5.81. The summed E-state index contributed by atoms with van der Waals surface area (Å²) in [5.74, 6) is -0.550. The van der Waals surface area contributed by atoms with E-state index in [9.17, 15) is 9.59 Å². The second-order valence-corrected chi connectivity index (χ2v) is 5.95. The molecule has 0 aliphatic rings. The smallest absolute Gasteiger partial charge is 0.408 e. The first-order chi connectivity index (χ1) is 10.8. The van der Waals surface area contributed by atoms with E-state index in [0.717, 1.165) is 5.56 Å². The molecule has 23 heavy (non-hydrogen) atoms. The molecule has 0 saturated carbocycles. The zero-order valence-corrected chi connectivity index (χ0v) is 14.1. The fourth-order valence-corrected chi connectivity index (χ4v) is 1.73. The molecule has 0 aliphatic carbocycles. The third kappa shape index (κ3) is 8.21. The van der Waals surface area contributed by atoms with E-state index in [4.69, 9.17) is 14.2 Å². The van der Waals surface area contributed by atoms with Gasteiger partial charge < -0.3 is 19.5 Å². The predicted molar refractivity (Wildman–Crippen MR) is 85.9 cm³/mol. The fourth-order valence-electron chi connectivity index (χ4n) is 1.73. The minimum atomic E-state index is -0.909. The molecule has 128 valence electrons. The zero-order valence-electron chi connectivity index (χ0n) is 14.1. The number of carbonyl (C=O) groups excluding carboxylic acids is 2. The number of ether oxygens (including phenoxy) is 3. The van der Waals surface area contributed by atoms with Gasteiger partial charge in [-0.1, -0.05) is 30.3 Å². The minimum absolute atomic E-state index is 0.00692. The number of hydrogen-bond acceptors (Lipinski definition) is 5. The molecule has 1 atom stereocenters. The van der Waals surface area contributed by atoms with Gasteiger partial charge in [-0.25, -0.2) is 9.59 Å². The van der Waals surface area contributed by atoms with Crippen molar-refractivity contribution in [2.24, 2.45) is 0 Å². The Kier molecular flexibility index (Phi) is 7.54. The maximum atomic E-state index is 11.9. The molecule has 0 aliphatic heterocycles. The zero-order chi connectivity index (χ0) is 17.3. The second kappa shape index (κ2) is 9.15. The van der Waals surface area contributed by atoms with Crippen molar-refractivity contribution in [1.82, 2.24) is 5.32 Å². The summed E-state index contributed by atoms with van der Waals surface area (Å²) in [5.41, 5.74) is 0.334. The Balaban J connectivity index is 2.55. The molecule has 0 saturated heterocycles. The first-order valence-electron chi connectivity index (χ1n) is 7.59. The molecule has 1 amide bonds. The maximum absolute atomic E-state index is 11.9. The summed E-state index contributed by atoms with van der Waals surface area (Å²) >= 11 is 0. The summed E-state index contributed by atoms with van der Waals surface area (Å²) in [5, 5.41) is 2.48. The Morgan fingerprint density at radius 3 is 2.39 bits per heavy atom. The summed E-state index contributed by atoms with van der Waals surface area (Å²) in [6.45, 7) is 7.52. The molecule has 1 N–H and O–H groups in total. The number of benzene rings is 1. The summed E-state index contributed by atoms with van der Waals surface area (Å²) in [6.07, 6.45) is -0.682. The molecule has 0 heterocycles. The van der Waals surface area contributed by atoms with Gasteiger partial charge in [0.25, 0.3) is 0 Å². The Morgan fingerprint density at radius 1 is 1.17 bits per heavy atom. The fraction of sp³-hybridized carbons (Fsp3) is 0.529. The van der Waals surface area contributed by atoms with Crippen molar-refractivity contribution in [3.8, 4) is 0 Å². The normalized spacial score (nSPS) is 12.3. The molecule has 0 fully saturated rings. The van der Waals surface area contributed by atoms with Crippen LogP contribution in [-0.2, 0) is 25.6 Å². The Labute approximate surface area is 137 Å². The highest BCUT2D eigenvalue weighted by atomic mass is 16.6. The average molecular weight is 323 g/mol. The van der Waals surface area contributed by atoms with Crippen molar-refractivity contribution in [2.75, 3.05) is 13.2 Å². The number of nitrogens with one attached hydrogen (secondary N) is 1. The van der Waals surface area contributed by atoms with Crippen LogP contribution in [-0.4, -0.2) is 36.9 Å². The van der Waals surface area contributed by atoms with Gasteiger partial charge in [0.15, 0.2) is 6.04 Å². The average Bonchev–Trinajstić information content (AvgIpc) is 2.45. The Hall–Kier alpha value is -2.08. The number of amides is 1. The Bertz CT molecular complexity index is 495. The molecule has 6 nitrogen and oxygen atoms in total. The van der Waals surface area contributed by atoms with E-state index < -0.39 is 23.7 Å². The van der Waals surface area contributed by atoms with Crippen LogP contribution >= 0.6 is 0 Å². The van der Waals surface area contributed by atoms with Crippen molar-refractivity contribution < 1.29 is 23.8 Å². The van der Waals surface area contributed by atoms with E-state index in [0.29, 0.717) is 6.61 Å². The van der Waals surface area contributed by atoms with Gasteiger partial charge >= 0.3 is 12.1 Å². The monoisotopic (exact) mass is 323 g/mol. The third-order valence-corrected chi connectivity index (χ3v) is 2.66. The molecule has 6 heteroatoms. The highest BCUT2D eigenvalue weighted by Crippen LogP contribution is 2.07. The van der Waals surface area contributed by atoms with Gasteiger partial charge in [0.1, 0.15) is 5.60 Å². The van der Waals surface area contributed by atoms with Crippen LogP contribution in [0.4, 0.5) is 4.79 Å². The van der Waals surface area contributed by atoms with Crippen molar-refractivity contribution in [3.63, 3.8) is 0 Å². The molecule has 1 aromatic carbocycles. The van der Waals surface area contributed by atoms with Gasteiger partial charge in [0, 0.05) is 0 Å². The lowest BCUT2D eigenvalue weighted by Crippen LogP contribution is -2.46. The van der Waals surface area contributed by atoms with E-state index in [1.54, 1.807) is 27.7 Å². The first kappa shape index (κ1) is 19.0. The van der Waals surface area contributed by atoms with Gasteiger partial charge in [-0.05, 0) is 33.3 Å². The summed E-state index contributed by atoms with van der Waals surface area (Å²) in [6, 6.07) is 8.64. The second-order valence-electron chi connectivity index (χ2n) is 5.95. The molecular formula is C17H25NO5. The molecule has 0 radical (unpaired) electrons. The minimum Gasteiger partial charge on any atom is -0.464 e. The van der Waals surface area contributed by atoms with Crippen LogP contribution in [0.15, 0.2) is 30.3 Å². The highest BCUT2D eigenvalue weighted by Gasteiger charge is 2.25. The lowest BCUT2D eigenvalue weighted by atomic mass is 10.2. The van der Waals surface area contributed by atoms with Crippen LogP contribution in [0.1, 0.15) is 33.3 Å². The Morgan fingerprint density at radius 2 is 1.83 bits per heavy atom. The van der Waals surface area contributed by atoms with Crippen molar-refractivity contribution in [1.29, 1.82) is 0 Å². The number of alkyl carbamates (subject to hydrolysis) is 1. The molecule has 0 spiro atoms. The van der Waals surface area contributed by atoms with E-state index in [2.05, 4.69) is 5.32 Å². The maximum Gasteiger partial charge on any atom is 0.408 e. The first-order valence-corrected chi connectivity index (χ1v) is 7.59. The van der Waals surface area contributed by atoms with Crippen molar-refractivity contribution >= 4 is 12.1 Å². The lowest BCUT2D eigenvalue weighted by Gasteiger charge is -2.22. The van der Waals surface area contributed by atoms with E-state index in [1.165, 1.54) is 0 Å². The third-order valence-electron chi connectivity index (χ3n) is 2.66. The standard InChI is InChI=1S/C17H25NO5/c1-5-22-15(19)14(18-16(20)23-17(2,3)4)12-21-11-13-9-7-6-8-10-13/h6-10,14H,5,11-12H2,1-4H3,(H,18,20)/t14-/m0/s1. The summed E-state index contributed by atoms with van der Waals surface area (Å²) in [4.78, 5) is 23.7. The van der Waals surface area contributed by atoms with Gasteiger partial charge in [0.05, 0.1) is 19.8 Å². The van der Waals surface area contributed by atoms with Gasteiger partial charge in [-0.2, -0.15) is 0 Å². The van der Waals surface area contributed by atoms with E-state index in [1.807, 2.05) is 30.3 Å². The topological polar surface area (TPSA) is 73.9 Å². The van der Waals surface area contributed by atoms with Crippen molar-refractivity contribution in [3.05, 3.63) is 35.9 Å². The molecule has 0 aromatic heterocycles. The van der Waals surface area contributed by atoms with Gasteiger partial charge in [-0.15, -0.1) is 0 Å².